The lowest BCUT2D eigenvalue weighted by Gasteiger charge is -2.26. The molecule has 1 atom stereocenters. The summed E-state index contributed by atoms with van der Waals surface area (Å²) in [4.78, 5) is 35.7. The maximum atomic E-state index is 13.2. The first-order chi connectivity index (χ1) is 16.5. The molecule has 0 aliphatic rings. The first-order valence-electron chi connectivity index (χ1n) is 10.9. The Balaban J connectivity index is 1.46. The van der Waals surface area contributed by atoms with Gasteiger partial charge in [0.25, 0.3) is 11.8 Å². The fourth-order valence-electron chi connectivity index (χ4n) is 3.49. The molecule has 2 N–H and O–H groups in total. The Morgan fingerprint density at radius 3 is 2.24 bits per heavy atom. The first-order valence-corrected chi connectivity index (χ1v) is 10.9. The van der Waals surface area contributed by atoms with Crippen LogP contribution >= 0.6 is 0 Å². The van der Waals surface area contributed by atoms with Crippen LogP contribution in [0.5, 0.6) is 0 Å². The van der Waals surface area contributed by atoms with Crippen molar-refractivity contribution in [1.29, 1.82) is 0 Å². The van der Waals surface area contributed by atoms with E-state index in [9.17, 15) is 9.59 Å². The number of carbonyl (C=O) groups is 2. The van der Waals surface area contributed by atoms with Gasteiger partial charge in [-0.1, -0.05) is 36.4 Å². The zero-order valence-electron chi connectivity index (χ0n) is 19.0. The van der Waals surface area contributed by atoms with E-state index in [1.54, 1.807) is 54.7 Å². The number of hydrogen-bond donors (Lipinski definition) is 2. The van der Waals surface area contributed by atoms with Gasteiger partial charge in [-0.25, -0.2) is 9.97 Å². The molecule has 7 heteroatoms. The molecule has 170 valence electrons. The van der Waals surface area contributed by atoms with Crippen LogP contribution in [0.4, 0.5) is 17.3 Å². The Labute approximate surface area is 198 Å². The van der Waals surface area contributed by atoms with Crippen molar-refractivity contribution in [3.63, 3.8) is 0 Å². The van der Waals surface area contributed by atoms with Crippen LogP contribution in [0, 0.1) is 0 Å². The van der Waals surface area contributed by atoms with Gasteiger partial charge in [-0.3, -0.25) is 9.59 Å². The number of aromatic nitrogens is 2. The van der Waals surface area contributed by atoms with Gasteiger partial charge in [0, 0.05) is 41.9 Å². The topological polar surface area (TPSA) is 87.2 Å². The molecule has 0 radical (unpaired) electrons. The molecule has 1 aromatic heterocycles. The molecule has 0 saturated carbocycles. The van der Waals surface area contributed by atoms with Crippen LogP contribution in [0.2, 0.25) is 0 Å². The first kappa shape index (κ1) is 22.7. The summed E-state index contributed by atoms with van der Waals surface area (Å²) in [6.07, 6.45) is 3.30. The van der Waals surface area contributed by atoms with Gasteiger partial charge in [0.1, 0.15) is 0 Å². The third-order valence-corrected chi connectivity index (χ3v) is 5.50. The highest BCUT2D eigenvalue weighted by Gasteiger charge is 2.20. The number of rotatable bonds is 7. The maximum absolute atomic E-state index is 13.2. The quantitative estimate of drug-likeness (QED) is 0.398. The molecule has 4 rings (SSSR count). The second-order valence-corrected chi connectivity index (χ2v) is 7.82. The summed E-state index contributed by atoms with van der Waals surface area (Å²) in [6, 6.07) is 25.3. The molecule has 0 bridgehead atoms. The molecular formula is C27H25N5O2. The summed E-state index contributed by atoms with van der Waals surface area (Å²) >= 11 is 0. The highest BCUT2D eigenvalue weighted by Crippen LogP contribution is 2.25. The lowest BCUT2D eigenvalue weighted by atomic mass is 10.0. The van der Waals surface area contributed by atoms with Crippen molar-refractivity contribution in [2.24, 2.45) is 0 Å². The SMILES string of the molecule is CC(c1cccc(NC(=O)c2ccccc2)c1)N(C)C(=O)c1cccc(Nc2ncccn2)c1. The number of hydrogen-bond acceptors (Lipinski definition) is 5. The lowest BCUT2D eigenvalue weighted by molar-refractivity contribution is 0.0742. The Hall–Kier alpha value is -4.52. The molecule has 0 saturated heterocycles. The van der Waals surface area contributed by atoms with E-state index in [1.807, 2.05) is 61.5 Å². The van der Waals surface area contributed by atoms with Gasteiger partial charge >= 0.3 is 0 Å². The highest BCUT2D eigenvalue weighted by atomic mass is 16.2. The van der Waals surface area contributed by atoms with E-state index < -0.39 is 0 Å². The zero-order chi connectivity index (χ0) is 23.9. The number of benzene rings is 3. The molecular weight excluding hydrogens is 426 g/mol. The van der Waals surface area contributed by atoms with Gasteiger partial charge in [-0.2, -0.15) is 0 Å². The van der Waals surface area contributed by atoms with Crippen LogP contribution in [-0.4, -0.2) is 33.7 Å². The summed E-state index contributed by atoms with van der Waals surface area (Å²) in [5.74, 6) is 0.161. The number of nitrogens with zero attached hydrogens (tertiary/aromatic N) is 3. The van der Waals surface area contributed by atoms with E-state index >= 15 is 0 Å². The van der Waals surface area contributed by atoms with Crippen molar-refractivity contribution in [2.75, 3.05) is 17.7 Å². The predicted molar refractivity (Wildman–Crippen MR) is 133 cm³/mol. The summed E-state index contributed by atoms with van der Waals surface area (Å²) in [6.45, 7) is 1.95. The number of nitrogens with one attached hydrogen (secondary N) is 2. The Morgan fingerprint density at radius 2 is 1.47 bits per heavy atom. The zero-order valence-corrected chi connectivity index (χ0v) is 19.0. The van der Waals surface area contributed by atoms with Gasteiger partial charge in [0.2, 0.25) is 5.95 Å². The molecule has 7 nitrogen and oxygen atoms in total. The van der Waals surface area contributed by atoms with E-state index in [4.69, 9.17) is 0 Å². The highest BCUT2D eigenvalue weighted by molar-refractivity contribution is 6.04. The molecule has 2 amide bonds. The van der Waals surface area contributed by atoms with E-state index in [2.05, 4.69) is 20.6 Å². The minimum atomic E-state index is -0.213. The van der Waals surface area contributed by atoms with Crippen molar-refractivity contribution in [2.45, 2.75) is 13.0 Å². The van der Waals surface area contributed by atoms with Gasteiger partial charge < -0.3 is 15.5 Å². The van der Waals surface area contributed by atoms with Crippen molar-refractivity contribution >= 4 is 29.1 Å². The van der Waals surface area contributed by atoms with Gasteiger partial charge in [-0.05, 0) is 61.0 Å². The van der Waals surface area contributed by atoms with Crippen LogP contribution in [0.15, 0.2) is 97.3 Å². The number of amides is 2. The summed E-state index contributed by atoms with van der Waals surface area (Å²) in [7, 11) is 1.77. The third kappa shape index (κ3) is 5.45. The number of carbonyl (C=O) groups excluding carboxylic acids is 2. The minimum absolute atomic E-state index is 0.121. The maximum Gasteiger partial charge on any atom is 0.255 e. The normalized spacial score (nSPS) is 11.4. The van der Waals surface area contributed by atoms with Crippen LogP contribution in [0.25, 0.3) is 0 Å². The van der Waals surface area contributed by atoms with Gasteiger partial charge in [0.05, 0.1) is 6.04 Å². The molecule has 1 unspecified atom stereocenters. The van der Waals surface area contributed by atoms with Crippen LogP contribution < -0.4 is 10.6 Å². The van der Waals surface area contributed by atoms with E-state index in [1.165, 1.54) is 0 Å². The van der Waals surface area contributed by atoms with Crippen LogP contribution in [-0.2, 0) is 0 Å². The molecule has 0 spiro atoms. The minimum Gasteiger partial charge on any atom is -0.335 e. The standard InChI is InChI=1S/C27H25N5O2/c1-19(21-11-6-13-23(17-21)30-25(33)20-9-4-3-5-10-20)32(2)26(34)22-12-7-14-24(18-22)31-27-28-15-8-16-29-27/h3-19H,1-2H3,(H,30,33)(H,28,29,31). The molecule has 34 heavy (non-hydrogen) atoms. The fraction of sp³-hybridized carbons (Fsp3) is 0.111. The van der Waals surface area contributed by atoms with E-state index in [0.29, 0.717) is 22.8 Å². The van der Waals surface area contributed by atoms with Crippen LogP contribution in [0.1, 0.15) is 39.2 Å². The van der Waals surface area contributed by atoms with E-state index in [0.717, 1.165) is 11.3 Å². The van der Waals surface area contributed by atoms with Crippen LogP contribution in [0.3, 0.4) is 0 Å². The number of anilines is 3. The summed E-state index contributed by atoms with van der Waals surface area (Å²) in [5.41, 5.74) is 3.44. The average Bonchev–Trinajstić information content (AvgIpc) is 2.89. The van der Waals surface area contributed by atoms with Crippen molar-refractivity contribution < 1.29 is 9.59 Å². The molecule has 0 aliphatic heterocycles. The Bertz CT molecular complexity index is 1280. The molecule has 4 aromatic rings. The van der Waals surface area contributed by atoms with E-state index in [-0.39, 0.29) is 17.9 Å². The molecule has 3 aromatic carbocycles. The van der Waals surface area contributed by atoms with Crippen molar-refractivity contribution in [3.05, 3.63) is 114 Å². The summed E-state index contributed by atoms with van der Waals surface area (Å²) in [5, 5.41) is 6.03. The second kappa shape index (κ2) is 10.4. The molecule has 0 aliphatic carbocycles. The third-order valence-electron chi connectivity index (χ3n) is 5.50. The monoisotopic (exact) mass is 451 g/mol. The second-order valence-electron chi connectivity index (χ2n) is 7.82. The molecule has 0 fully saturated rings. The molecule has 1 heterocycles. The van der Waals surface area contributed by atoms with Crippen molar-refractivity contribution in [1.82, 2.24) is 14.9 Å². The van der Waals surface area contributed by atoms with Gasteiger partial charge in [-0.15, -0.1) is 0 Å². The summed E-state index contributed by atoms with van der Waals surface area (Å²) < 4.78 is 0. The fourth-order valence-corrected chi connectivity index (χ4v) is 3.49. The lowest BCUT2D eigenvalue weighted by Crippen LogP contribution is -2.29. The average molecular weight is 452 g/mol. The smallest absolute Gasteiger partial charge is 0.255 e. The predicted octanol–water partition coefficient (Wildman–Crippen LogP) is 5.31. The Kier molecular flexibility index (Phi) is 6.93. The van der Waals surface area contributed by atoms with Crippen molar-refractivity contribution in [3.8, 4) is 0 Å². The Morgan fingerprint density at radius 1 is 0.794 bits per heavy atom. The van der Waals surface area contributed by atoms with Gasteiger partial charge in [0.15, 0.2) is 0 Å². The largest absolute Gasteiger partial charge is 0.335 e.